The lowest BCUT2D eigenvalue weighted by atomic mass is 10.1. The number of hydrogen-bond acceptors (Lipinski definition) is 7. The maximum atomic E-state index is 13.7. The average Bonchev–Trinajstić information content (AvgIpc) is 3.24. The molecule has 2 amide bonds. The van der Waals surface area contributed by atoms with Gasteiger partial charge in [-0.05, 0) is 80.6 Å². The van der Waals surface area contributed by atoms with Gasteiger partial charge in [-0.15, -0.1) is 0 Å². The number of primary amides is 1. The molecule has 226 valence electrons. The first kappa shape index (κ1) is 29.0. The zero-order chi connectivity index (χ0) is 29.8. The van der Waals surface area contributed by atoms with E-state index in [1.54, 1.807) is 42.6 Å². The SMILES string of the molecule is NC(=O)N(CCCCN1CCN(c2cccc3c2OCCCC3)CC1)c1cc2cccnc2n1S(=O)(=O)c1ccccc1. The third-order valence-electron chi connectivity index (χ3n) is 8.31. The minimum absolute atomic E-state index is 0.112. The van der Waals surface area contributed by atoms with Gasteiger partial charge >= 0.3 is 6.03 Å². The van der Waals surface area contributed by atoms with Gasteiger partial charge in [-0.3, -0.25) is 9.80 Å². The Hall–Kier alpha value is -4.09. The molecule has 2 N–H and O–H groups in total. The fourth-order valence-electron chi connectivity index (χ4n) is 6.05. The molecule has 0 spiro atoms. The van der Waals surface area contributed by atoms with E-state index in [0.29, 0.717) is 18.4 Å². The number of amides is 2. The second kappa shape index (κ2) is 12.6. The van der Waals surface area contributed by atoms with Crippen molar-refractivity contribution in [3.8, 4) is 5.75 Å². The quantitative estimate of drug-likeness (QED) is 0.281. The Morgan fingerprint density at radius 1 is 0.953 bits per heavy atom. The van der Waals surface area contributed by atoms with E-state index in [-0.39, 0.29) is 16.4 Å². The van der Waals surface area contributed by atoms with Crippen molar-refractivity contribution in [3.63, 3.8) is 0 Å². The van der Waals surface area contributed by atoms with Gasteiger partial charge < -0.3 is 15.4 Å². The van der Waals surface area contributed by atoms with Gasteiger partial charge in [-0.1, -0.05) is 30.3 Å². The molecule has 2 aliphatic rings. The summed E-state index contributed by atoms with van der Waals surface area (Å²) in [5.41, 5.74) is 8.59. The van der Waals surface area contributed by atoms with Crippen LogP contribution in [0.2, 0.25) is 0 Å². The predicted octanol–water partition coefficient (Wildman–Crippen LogP) is 4.48. The number of nitrogens with two attached hydrogens (primary N) is 1. The fourth-order valence-corrected chi connectivity index (χ4v) is 7.54. The van der Waals surface area contributed by atoms with E-state index in [2.05, 4.69) is 33.0 Å². The van der Waals surface area contributed by atoms with Crippen molar-refractivity contribution in [3.05, 3.63) is 78.5 Å². The zero-order valence-electron chi connectivity index (χ0n) is 24.3. The average molecular weight is 603 g/mol. The van der Waals surface area contributed by atoms with Gasteiger partial charge in [0.2, 0.25) is 0 Å². The number of carbonyl (C=O) groups excluding carboxylic acids is 1. The lowest BCUT2D eigenvalue weighted by Gasteiger charge is -2.37. The van der Waals surface area contributed by atoms with E-state index >= 15 is 0 Å². The molecule has 43 heavy (non-hydrogen) atoms. The molecule has 11 heteroatoms. The Morgan fingerprint density at radius 2 is 1.77 bits per heavy atom. The Balaban J connectivity index is 1.10. The van der Waals surface area contributed by atoms with Crippen molar-refractivity contribution in [2.45, 2.75) is 37.0 Å². The van der Waals surface area contributed by atoms with Crippen LogP contribution in [0.25, 0.3) is 11.0 Å². The van der Waals surface area contributed by atoms with E-state index < -0.39 is 16.1 Å². The molecule has 10 nitrogen and oxygen atoms in total. The zero-order valence-corrected chi connectivity index (χ0v) is 25.1. The van der Waals surface area contributed by atoms with Crippen LogP contribution in [0.1, 0.15) is 31.2 Å². The summed E-state index contributed by atoms with van der Waals surface area (Å²) in [6, 6.07) is 19.1. The van der Waals surface area contributed by atoms with Crippen LogP contribution in [0.3, 0.4) is 0 Å². The number of aromatic nitrogens is 2. The maximum absolute atomic E-state index is 13.7. The van der Waals surface area contributed by atoms with E-state index in [0.717, 1.165) is 68.3 Å². The molecule has 1 saturated heterocycles. The summed E-state index contributed by atoms with van der Waals surface area (Å²) in [6.07, 6.45) is 6.39. The summed E-state index contributed by atoms with van der Waals surface area (Å²) in [5.74, 6) is 1.25. The molecule has 1 fully saturated rings. The highest BCUT2D eigenvalue weighted by molar-refractivity contribution is 7.90. The van der Waals surface area contributed by atoms with Crippen molar-refractivity contribution in [2.24, 2.45) is 5.73 Å². The van der Waals surface area contributed by atoms with E-state index in [1.807, 2.05) is 0 Å². The van der Waals surface area contributed by atoms with Crippen LogP contribution in [0.4, 0.5) is 16.3 Å². The highest BCUT2D eigenvalue weighted by atomic mass is 32.2. The third-order valence-corrected chi connectivity index (χ3v) is 10.0. The number of para-hydroxylation sites is 1. The van der Waals surface area contributed by atoms with E-state index in [4.69, 9.17) is 10.5 Å². The predicted molar refractivity (Wildman–Crippen MR) is 168 cm³/mol. The molecule has 2 aromatic heterocycles. The summed E-state index contributed by atoms with van der Waals surface area (Å²) < 4.78 is 34.8. The number of hydrogen-bond donors (Lipinski definition) is 1. The van der Waals surface area contributed by atoms with Crippen molar-refractivity contribution in [1.29, 1.82) is 0 Å². The van der Waals surface area contributed by atoms with Gasteiger partial charge in [0.05, 0.1) is 17.2 Å². The van der Waals surface area contributed by atoms with Crippen LogP contribution in [0.5, 0.6) is 5.75 Å². The molecule has 0 atom stereocenters. The number of fused-ring (bicyclic) bond motifs is 2. The highest BCUT2D eigenvalue weighted by Gasteiger charge is 2.29. The van der Waals surface area contributed by atoms with Crippen LogP contribution < -0.4 is 20.3 Å². The fraction of sp³-hybridized carbons (Fsp3) is 0.375. The topological polar surface area (TPSA) is 114 Å². The van der Waals surface area contributed by atoms with Crippen LogP contribution in [0.15, 0.2) is 77.8 Å². The summed E-state index contributed by atoms with van der Waals surface area (Å²) in [4.78, 5) is 23.3. The number of nitrogens with zero attached hydrogens (tertiary/aromatic N) is 5. The number of ether oxygens (including phenoxy) is 1. The van der Waals surface area contributed by atoms with Gasteiger partial charge in [0.1, 0.15) is 11.6 Å². The number of benzene rings is 2. The highest BCUT2D eigenvalue weighted by Crippen LogP contribution is 2.35. The molecule has 0 radical (unpaired) electrons. The molecular formula is C32H38N6O4S. The lowest BCUT2D eigenvalue weighted by Crippen LogP contribution is -2.47. The Bertz CT molecular complexity index is 1680. The van der Waals surface area contributed by atoms with Crippen molar-refractivity contribution in [2.75, 3.05) is 55.7 Å². The molecule has 0 aliphatic carbocycles. The molecule has 0 saturated carbocycles. The van der Waals surface area contributed by atoms with Gasteiger partial charge in [0, 0.05) is 44.3 Å². The number of carbonyl (C=O) groups is 1. The first-order chi connectivity index (χ1) is 20.9. The standard InChI is InChI=1S/C32H38N6O4S/c33-32(39)37(29-24-26-12-9-16-34-31(26)38(29)43(40,41)27-13-2-1-3-14-27)18-6-5-17-35-19-21-36(22-20-35)28-15-8-11-25-10-4-7-23-42-30(25)28/h1-3,8-9,11-16,24H,4-7,10,17-23H2,(H2,33,39). The van der Waals surface area contributed by atoms with Gasteiger partial charge in [0.15, 0.2) is 5.65 Å². The summed E-state index contributed by atoms with van der Waals surface area (Å²) in [5, 5.41) is 0.613. The largest absolute Gasteiger partial charge is 0.491 e. The number of rotatable bonds is 9. The molecular weight excluding hydrogens is 564 g/mol. The maximum Gasteiger partial charge on any atom is 0.320 e. The summed E-state index contributed by atoms with van der Waals surface area (Å²) in [6.45, 7) is 5.70. The number of aryl methyl sites for hydroxylation is 1. The summed E-state index contributed by atoms with van der Waals surface area (Å²) >= 11 is 0. The number of piperazine rings is 1. The second-order valence-electron chi connectivity index (χ2n) is 11.1. The molecule has 0 bridgehead atoms. The monoisotopic (exact) mass is 602 g/mol. The van der Waals surface area contributed by atoms with Crippen LogP contribution in [0, 0.1) is 0 Å². The van der Waals surface area contributed by atoms with Gasteiger partial charge in [0.25, 0.3) is 10.0 Å². The van der Waals surface area contributed by atoms with Crippen LogP contribution >= 0.6 is 0 Å². The van der Waals surface area contributed by atoms with E-state index in [1.165, 1.54) is 34.7 Å². The molecule has 6 rings (SSSR count). The molecule has 4 heterocycles. The number of urea groups is 1. The lowest BCUT2D eigenvalue weighted by molar-refractivity contribution is 0.248. The smallest absolute Gasteiger partial charge is 0.320 e. The van der Waals surface area contributed by atoms with Gasteiger partial charge in [-0.25, -0.2) is 22.2 Å². The van der Waals surface area contributed by atoms with Crippen molar-refractivity contribution >= 4 is 38.6 Å². The van der Waals surface area contributed by atoms with Crippen LogP contribution in [-0.4, -0.2) is 74.2 Å². The molecule has 2 aliphatic heterocycles. The number of anilines is 2. The molecule has 2 aromatic carbocycles. The van der Waals surface area contributed by atoms with Crippen LogP contribution in [-0.2, 0) is 16.4 Å². The number of pyridine rings is 1. The first-order valence-corrected chi connectivity index (χ1v) is 16.4. The molecule has 4 aromatic rings. The van der Waals surface area contributed by atoms with E-state index in [9.17, 15) is 13.2 Å². The van der Waals surface area contributed by atoms with Crippen molar-refractivity contribution < 1.29 is 17.9 Å². The minimum atomic E-state index is -4.03. The first-order valence-electron chi connectivity index (χ1n) is 15.0. The Labute approximate surface area is 252 Å². The Kier molecular flexibility index (Phi) is 8.53. The Morgan fingerprint density at radius 3 is 2.56 bits per heavy atom. The normalized spacial score (nSPS) is 16.0. The third kappa shape index (κ3) is 6.05. The second-order valence-corrected chi connectivity index (χ2v) is 12.9. The summed E-state index contributed by atoms with van der Waals surface area (Å²) in [7, 11) is -4.03. The molecule has 0 unspecified atom stereocenters. The van der Waals surface area contributed by atoms with Crippen molar-refractivity contribution in [1.82, 2.24) is 13.9 Å². The van der Waals surface area contributed by atoms with Gasteiger partial charge in [-0.2, -0.15) is 0 Å². The minimum Gasteiger partial charge on any atom is -0.491 e. The number of unbranched alkanes of at least 4 members (excludes halogenated alkanes) is 1.